The summed E-state index contributed by atoms with van der Waals surface area (Å²) in [4.78, 5) is 18.1. The fourth-order valence-electron chi connectivity index (χ4n) is 2.33. The molecule has 0 aliphatic carbocycles. The maximum atomic E-state index is 11.4. The Morgan fingerprint density at radius 1 is 1.35 bits per heavy atom. The summed E-state index contributed by atoms with van der Waals surface area (Å²) in [6.07, 6.45) is 5.75. The SMILES string of the molecule is O=C1CCCN(Cc2cn3ccccc3n2)C1. The molecule has 2 aromatic heterocycles. The summed E-state index contributed by atoms with van der Waals surface area (Å²) >= 11 is 0. The fourth-order valence-corrected chi connectivity index (χ4v) is 2.33. The second-order valence-corrected chi connectivity index (χ2v) is 4.55. The number of carbonyl (C=O) groups is 1. The minimum Gasteiger partial charge on any atom is -0.307 e. The Labute approximate surface area is 99.9 Å². The molecule has 17 heavy (non-hydrogen) atoms. The van der Waals surface area contributed by atoms with Crippen molar-refractivity contribution in [1.29, 1.82) is 0 Å². The summed E-state index contributed by atoms with van der Waals surface area (Å²) < 4.78 is 2.01. The lowest BCUT2D eigenvalue weighted by Crippen LogP contribution is -2.35. The van der Waals surface area contributed by atoms with E-state index in [9.17, 15) is 4.79 Å². The van der Waals surface area contributed by atoms with Crippen LogP contribution in [0.15, 0.2) is 30.6 Å². The number of piperidine rings is 1. The number of nitrogens with zero attached hydrogens (tertiary/aromatic N) is 3. The highest BCUT2D eigenvalue weighted by Gasteiger charge is 2.17. The maximum Gasteiger partial charge on any atom is 0.146 e. The molecular weight excluding hydrogens is 214 g/mol. The van der Waals surface area contributed by atoms with E-state index < -0.39 is 0 Å². The number of aromatic nitrogens is 2. The number of pyridine rings is 1. The average Bonchev–Trinajstić information content (AvgIpc) is 2.71. The molecule has 4 nitrogen and oxygen atoms in total. The van der Waals surface area contributed by atoms with E-state index in [1.807, 2.05) is 35.0 Å². The first-order chi connectivity index (χ1) is 8.31. The van der Waals surface area contributed by atoms with Gasteiger partial charge >= 0.3 is 0 Å². The molecule has 1 fully saturated rings. The number of hydrogen-bond acceptors (Lipinski definition) is 3. The molecule has 0 saturated carbocycles. The molecule has 3 rings (SSSR count). The van der Waals surface area contributed by atoms with Crippen molar-refractivity contribution in [2.45, 2.75) is 19.4 Å². The number of imidazole rings is 1. The van der Waals surface area contributed by atoms with Crippen LogP contribution in [-0.2, 0) is 11.3 Å². The van der Waals surface area contributed by atoms with Crippen LogP contribution in [0.1, 0.15) is 18.5 Å². The molecule has 0 spiro atoms. The molecule has 88 valence electrons. The molecule has 0 unspecified atom stereocenters. The van der Waals surface area contributed by atoms with Gasteiger partial charge < -0.3 is 4.40 Å². The third kappa shape index (κ3) is 2.22. The second kappa shape index (κ2) is 4.30. The summed E-state index contributed by atoms with van der Waals surface area (Å²) in [7, 11) is 0. The predicted octanol–water partition coefficient (Wildman–Crippen LogP) is 1.50. The van der Waals surface area contributed by atoms with E-state index in [4.69, 9.17) is 0 Å². The molecular formula is C13H15N3O. The highest BCUT2D eigenvalue weighted by atomic mass is 16.1. The summed E-state index contributed by atoms with van der Waals surface area (Å²) in [6, 6.07) is 5.96. The molecule has 0 amide bonds. The number of rotatable bonds is 2. The van der Waals surface area contributed by atoms with Crippen LogP contribution >= 0.6 is 0 Å². The molecule has 0 bridgehead atoms. The minimum atomic E-state index is 0.347. The van der Waals surface area contributed by atoms with Crippen molar-refractivity contribution in [3.05, 3.63) is 36.3 Å². The van der Waals surface area contributed by atoms with Crippen LogP contribution in [0.25, 0.3) is 5.65 Å². The van der Waals surface area contributed by atoms with E-state index in [1.54, 1.807) is 0 Å². The first-order valence-corrected chi connectivity index (χ1v) is 5.98. The Kier molecular flexibility index (Phi) is 2.65. The van der Waals surface area contributed by atoms with Crippen molar-refractivity contribution in [3.8, 4) is 0 Å². The smallest absolute Gasteiger partial charge is 0.146 e. The Hall–Kier alpha value is -1.68. The van der Waals surface area contributed by atoms with Crippen molar-refractivity contribution >= 4 is 11.4 Å². The van der Waals surface area contributed by atoms with Gasteiger partial charge in [0.1, 0.15) is 11.4 Å². The Bertz CT molecular complexity index is 513. The lowest BCUT2D eigenvalue weighted by Gasteiger charge is -2.24. The topological polar surface area (TPSA) is 37.6 Å². The highest BCUT2D eigenvalue weighted by molar-refractivity contribution is 5.81. The molecule has 1 aliphatic rings. The zero-order chi connectivity index (χ0) is 11.7. The molecule has 0 aromatic carbocycles. The molecule has 1 aliphatic heterocycles. The van der Waals surface area contributed by atoms with Gasteiger partial charge in [-0.05, 0) is 25.1 Å². The van der Waals surface area contributed by atoms with Gasteiger partial charge in [-0.3, -0.25) is 9.69 Å². The number of ketones is 1. The second-order valence-electron chi connectivity index (χ2n) is 4.55. The van der Waals surface area contributed by atoms with Gasteiger partial charge in [0, 0.05) is 25.4 Å². The first-order valence-electron chi connectivity index (χ1n) is 5.98. The highest BCUT2D eigenvalue weighted by Crippen LogP contribution is 2.11. The molecule has 3 heterocycles. The van der Waals surface area contributed by atoms with Crippen molar-refractivity contribution < 1.29 is 4.79 Å². The molecule has 0 N–H and O–H groups in total. The number of fused-ring (bicyclic) bond motifs is 1. The minimum absolute atomic E-state index is 0.347. The average molecular weight is 229 g/mol. The van der Waals surface area contributed by atoms with Gasteiger partial charge in [0.05, 0.1) is 12.2 Å². The zero-order valence-corrected chi connectivity index (χ0v) is 9.67. The van der Waals surface area contributed by atoms with Gasteiger partial charge in [0.25, 0.3) is 0 Å². The Balaban J connectivity index is 1.78. The fraction of sp³-hybridized carbons (Fsp3) is 0.385. The predicted molar refractivity (Wildman–Crippen MR) is 64.7 cm³/mol. The van der Waals surface area contributed by atoms with Crippen molar-refractivity contribution in [3.63, 3.8) is 0 Å². The number of Topliss-reactive ketones (excluding diaryl/α,β-unsaturated/α-hetero) is 1. The van der Waals surface area contributed by atoms with E-state index in [2.05, 4.69) is 9.88 Å². The normalized spacial score (nSPS) is 17.8. The van der Waals surface area contributed by atoms with Crippen LogP contribution in [0.5, 0.6) is 0 Å². The Morgan fingerprint density at radius 3 is 3.12 bits per heavy atom. The third-order valence-corrected chi connectivity index (χ3v) is 3.13. The third-order valence-electron chi connectivity index (χ3n) is 3.13. The van der Waals surface area contributed by atoms with Gasteiger partial charge in [0.2, 0.25) is 0 Å². The summed E-state index contributed by atoms with van der Waals surface area (Å²) in [6.45, 7) is 2.35. The van der Waals surface area contributed by atoms with Gasteiger partial charge in [-0.1, -0.05) is 6.07 Å². The molecule has 2 aromatic rings. The van der Waals surface area contributed by atoms with E-state index in [1.165, 1.54) is 0 Å². The van der Waals surface area contributed by atoms with Crippen LogP contribution in [0, 0.1) is 0 Å². The van der Waals surface area contributed by atoms with Crippen LogP contribution in [0.4, 0.5) is 0 Å². The van der Waals surface area contributed by atoms with E-state index in [-0.39, 0.29) is 0 Å². The van der Waals surface area contributed by atoms with Gasteiger partial charge in [-0.25, -0.2) is 4.98 Å². The van der Waals surface area contributed by atoms with Crippen LogP contribution < -0.4 is 0 Å². The van der Waals surface area contributed by atoms with E-state index >= 15 is 0 Å². The summed E-state index contributed by atoms with van der Waals surface area (Å²) in [5, 5.41) is 0. The van der Waals surface area contributed by atoms with Crippen LogP contribution in [-0.4, -0.2) is 33.2 Å². The van der Waals surface area contributed by atoms with E-state index in [0.717, 1.165) is 37.3 Å². The molecule has 0 atom stereocenters. The lowest BCUT2D eigenvalue weighted by molar-refractivity contribution is -0.122. The lowest BCUT2D eigenvalue weighted by atomic mass is 10.1. The van der Waals surface area contributed by atoms with Gasteiger partial charge in [-0.2, -0.15) is 0 Å². The number of hydrogen-bond donors (Lipinski definition) is 0. The monoisotopic (exact) mass is 229 g/mol. The van der Waals surface area contributed by atoms with Crippen molar-refractivity contribution in [2.75, 3.05) is 13.1 Å². The van der Waals surface area contributed by atoms with Gasteiger partial charge in [-0.15, -0.1) is 0 Å². The molecule has 4 heteroatoms. The number of carbonyl (C=O) groups excluding carboxylic acids is 1. The number of likely N-dealkylation sites (tertiary alicyclic amines) is 1. The maximum absolute atomic E-state index is 11.4. The van der Waals surface area contributed by atoms with Crippen LogP contribution in [0.2, 0.25) is 0 Å². The van der Waals surface area contributed by atoms with E-state index in [0.29, 0.717) is 12.3 Å². The summed E-state index contributed by atoms with van der Waals surface area (Å²) in [5.74, 6) is 0.347. The molecule has 1 saturated heterocycles. The van der Waals surface area contributed by atoms with Crippen molar-refractivity contribution in [2.24, 2.45) is 0 Å². The van der Waals surface area contributed by atoms with Crippen LogP contribution in [0.3, 0.4) is 0 Å². The zero-order valence-electron chi connectivity index (χ0n) is 9.67. The Morgan fingerprint density at radius 2 is 2.29 bits per heavy atom. The summed E-state index contributed by atoms with van der Waals surface area (Å²) in [5.41, 5.74) is 2.00. The quantitative estimate of drug-likeness (QED) is 0.783. The standard InChI is InChI=1S/C13H15N3O/c17-12-4-3-6-15(10-12)8-11-9-16-7-2-1-5-13(16)14-11/h1-2,5,7,9H,3-4,6,8,10H2. The largest absolute Gasteiger partial charge is 0.307 e. The van der Waals surface area contributed by atoms with Crippen molar-refractivity contribution in [1.82, 2.24) is 14.3 Å². The van der Waals surface area contributed by atoms with Gasteiger partial charge in [0.15, 0.2) is 0 Å². The first kappa shape index (κ1) is 10.5. The molecule has 0 radical (unpaired) electrons.